The van der Waals surface area contributed by atoms with Crippen LogP contribution in [-0.2, 0) is 10.3 Å². The van der Waals surface area contributed by atoms with Crippen molar-refractivity contribution in [1.82, 2.24) is 15.0 Å². The van der Waals surface area contributed by atoms with Gasteiger partial charge >= 0.3 is 0 Å². The highest BCUT2D eigenvalue weighted by Crippen LogP contribution is 2.42. The summed E-state index contributed by atoms with van der Waals surface area (Å²) < 4.78 is 25.5. The molecule has 4 rings (SSSR count). The highest BCUT2D eigenvalue weighted by Gasteiger charge is 2.43. The number of ether oxygens (including phenoxy) is 1. The molecule has 1 aliphatic carbocycles. The second-order valence-electron chi connectivity index (χ2n) is 7.16. The monoisotopic (exact) mass is 345 g/mol. The largest absolute Gasteiger partial charge is 0.368 e. The Morgan fingerprint density at radius 3 is 2.64 bits per heavy atom. The van der Waals surface area contributed by atoms with Crippen molar-refractivity contribution in [3.05, 3.63) is 47.4 Å². The number of nitrogens with zero attached hydrogens (tertiary/aromatic N) is 3. The Hall–Kier alpha value is -1.79. The number of methoxy groups -OCH3 is 1. The van der Waals surface area contributed by atoms with Gasteiger partial charge in [0.15, 0.2) is 5.82 Å². The average molecular weight is 345 g/mol. The summed E-state index contributed by atoms with van der Waals surface area (Å²) in [5.41, 5.74) is 0.215. The molecule has 0 bridgehead atoms. The van der Waals surface area contributed by atoms with Crippen LogP contribution in [0.25, 0.3) is 0 Å². The van der Waals surface area contributed by atoms with Gasteiger partial charge in [0.2, 0.25) is 0 Å². The fraction of sp³-hybridized carbons (Fsp3) is 0.579. The highest BCUT2D eigenvalue weighted by molar-refractivity contribution is 5.21. The number of aromatic nitrogens is 2. The molecule has 0 spiro atoms. The molecule has 1 saturated heterocycles. The van der Waals surface area contributed by atoms with Gasteiger partial charge in [0.25, 0.3) is 5.89 Å². The molecule has 1 aromatic carbocycles. The van der Waals surface area contributed by atoms with Crippen LogP contribution in [0, 0.1) is 5.82 Å². The molecule has 6 heteroatoms. The zero-order valence-corrected chi connectivity index (χ0v) is 14.7. The minimum Gasteiger partial charge on any atom is -0.368 e. The molecular formula is C19H24FN3O2. The Bertz CT molecular complexity index is 736. The predicted octanol–water partition coefficient (Wildman–Crippen LogP) is 3.78. The van der Waals surface area contributed by atoms with Gasteiger partial charge in [-0.25, -0.2) is 4.39 Å². The van der Waals surface area contributed by atoms with Crippen molar-refractivity contribution in [3.8, 4) is 0 Å². The van der Waals surface area contributed by atoms with Crippen LogP contribution in [0.4, 0.5) is 4.39 Å². The molecule has 1 atom stereocenters. The van der Waals surface area contributed by atoms with Crippen molar-refractivity contribution in [3.63, 3.8) is 0 Å². The second-order valence-corrected chi connectivity index (χ2v) is 7.16. The van der Waals surface area contributed by atoms with E-state index in [4.69, 9.17) is 9.26 Å². The number of rotatable bonds is 5. The van der Waals surface area contributed by atoms with Gasteiger partial charge in [0.05, 0.1) is 0 Å². The Balaban J connectivity index is 1.48. The molecular weight excluding hydrogens is 321 g/mol. The molecule has 134 valence electrons. The average Bonchev–Trinajstić information content (AvgIpc) is 3.38. The van der Waals surface area contributed by atoms with E-state index in [2.05, 4.69) is 22.0 Å². The molecule has 2 aliphatic rings. The van der Waals surface area contributed by atoms with Gasteiger partial charge in [-0.1, -0.05) is 23.4 Å². The van der Waals surface area contributed by atoms with Crippen LogP contribution in [0.3, 0.4) is 0 Å². The molecule has 1 unspecified atom stereocenters. The second kappa shape index (κ2) is 6.50. The first-order valence-electron chi connectivity index (χ1n) is 9.01. The van der Waals surface area contributed by atoms with E-state index in [9.17, 15) is 4.39 Å². The van der Waals surface area contributed by atoms with E-state index < -0.39 is 5.60 Å². The summed E-state index contributed by atoms with van der Waals surface area (Å²) in [6, 6.07) is 7.02. The van der Waals surface area contributed by atoms with E-state index in [0.717, 1.165) is 50.2 Å². The lowest BCUT2D eigenvalue weighted by Crippen LogP contribution is -2.45. The number of benzene rings is 1. The number of halogens is 1. The smallest absolute Gasteiger partial charge is 0.258 e. The predicted molar refractivity (Wildman–Crippen MR) is 90.6 cm³/mol. The summed E-state index contributed by atoms with van der Waals surface area (Å²) in [7, 11) is 1.71. The van der Waals surface area contributed by atoms with Crippen molar-refractivity contribution in [2.45, 2.75) is 50.2 Å². The van der Waals surface area contributed by atoms with Gasteiger partial charge in [-0.2, -0.15) is 4.98 Å². The number of hydrogen-bond acceptors (Lipinski definition) is 5. The Labute approximate surface area is 147 Å². The maximum absolute atomic E-state index is 14.1. The molecule has 2 aromatic rings. The van der Waals surface area contributed by atoms with E-state index >= 15 is 0 Å². The number of likely N-dealkylation sites (tertiary alicyclic amines) is 1. The molecule has 0 radical (unpaired) electrons. The zero-order valence-electron chi connectivity index (χ0n) is 14.7. The molecule has 2 heterocycles. The van der Waals surface area contributed by atoms with E-state index in [1.54, 1.807) is 13.2 Å². The Morgan fingerprint density at radius 1 is 1.28 bits per heavy atom. The summed E-state index contributed by atoms with van der Waals surface area (Å²) in [4.78, 5) is 6.89. The van der Waals surface area contributed by atoms with Crippen LogP contribution in [0.2, 0.25) is 0 Å². The van der Waals surface area contributed by atoms with Crippen molar-refractivity contribution in [1.29, 1.82) is 0 Å². The van der Waals surface area contributed by atoms with E-state index in [1.165, 1.54) is 6.07 Å². The minimum absolute atomic E-state index is 0.0285. The Kier molecular flexibility index (Phi) is 4.33. The molecule has 1 aromatic heterocycles. The lowest BCUT2D eigenvalue weighted by atomic mass is 9.89. The Morgan fingerprint density at radius 2 is 2.00 bits per heavy atom. The summed E-state index contributed by atoms with van der Waals surface area (Å²) in [5, 5.41) is 4.13. The SMILES string of the molecule is COC1(c2nc(C3CC3)no2)CCN(C(C)c2ccccc2F)CC1. The molecule has 0 N–H and O–H groups in total. The van der Waals surface area contributed by atoms with Crippen molar-refractivity contribution in [2.75, 3.05) is 20.2 Å². The third-order valence-corrected chi connectivity index (χ3v) is 5.67. The van der Waals surface area contributed by atoms with E-state index in [1.807, 2.05) is 12.1 Å². The maximum atomic E-state index is 14.1. The quantitative estimate of drug-likeness (QED) is 0.825. The summed E-state index contributed by atoms with van der Waals surface area (Å²) >= 11 is 0. The molecule has 0 amide bonds. The van der Waals surface area contributed by atoms with Gasteiger partial charge < -0.3 is 9.26 Å². The van der Waals surface area contributed by atoms with Gasteiger partial charge in [0.1, 0.15) is 11.4 Å². The van der Waals surface area contributed by atoms with Crippen molar-refractivity contribution in [2.24, 2.45) is 0 Å². The fourth-order valence-corrected chi connectivity index (χ4v) is 3.72. The van der Waals surface area contributed by atoms with Crippen molar-refractivity contribution < 1.29 is 13.7 Å². The van der Waals surface area contributed by atoms with Crippen LogP contribution in [0.5, 0.6) is 0 Å². The maximum Gasteiger partial charge on any atom is 0.258 e. The van der Waals surface area contributed by atoms with Gasteiger partial charge in [-0.3, -0.25) is 4.90 Å². The van der Waals surface area contributed by atoms with Crippen molar-refractivity contribution >= 4 is 0 Å². The molecule has 1 saturated carbocycles. The van der Waals surface area contributed by atoms with Gasteiger partial charge in [0, 0.05) is 37.7 Å². The minimum atomic E-state index is -0.522. The molecule has 25 heavy (non-hydrogen) atoms. The normalized spacial score (nSPS) is 22.0. The van der Waals surface area contributed by atoms with Gasteiger partial charge in [-0.05, 0) is 38.7 Å². The van der Waals surface area contributed by atoms with Gasteiger partial charge in [-0.15, -0.1) is 0 Å². The van der Waals surface area contributed by atoms with E-state index in [0.29, 0.717) is 11.8 Å². The molecule has 1 aliphatic heterocycles. The highest BCUT2D eigenvalue weighted by atomic mass is 19.1. The fourth-order valence-electron chi connectivity index (χ4n) is 3.72. The number of hydrogen-bond donors (Lipinski definition) is 0. The molecule has 5 nitrogen and oxygen atoms in total. The first-order valence-corrected chi connectivity index (χ1v) is 9.01. The van der Waals surface area contributed by atoms with Crippen LogP contribution in [0.1, 0.15) is 61.8 Å². The van der Waals surface area contributed by atoms with Crippen LogP contribution in [0.15, 0.2) is 28.8 Å². The third kappa shape index (κ3) is 3.09. The summed E-state index contributed by atoms with van der Waals surface area (Å²) in [6.45, 7) is 3.64. The zero-order chi connectivity index (χ0) is 17.4. The van der Waals surface area contributed by atoms with Crippen LogP contribution < -0.4 is 0 Å². The van der Waals surface area contributed by atoms with Crippen LogP contribution in [-0.4, -0.2) is 35.2 Å². The standard InChI is InChI=1S/C19H24FN3O2/c1-13(15-5-3-4-6-16(15)20)23-11-9-19(24-2,10-12-23)18-21-17(22-25-18)14-7-8-14/h3-6,13-14H,7-12H2,1-2H3. The third-order valence-electron chi connectivity index (χ3n) is 5.67. The first-order chi connectivity index (χ1) is 12.1. The van der Waals surface area contributed by atoms with E-state index in [-0.39, 0.29) is 11.9 Å². The summed E-state index contributed by atoms with van der Waals surface area (Å²) in [5.74, 6) is 1.72. The topological polar surface area (TPSA) is 51.4 Å². The number of piperidine rings is 1. The van der Waals surface area contributed by atoms with Crippen LogP contribution >= 0.6 is 0 Å². The lowest BCUT2D eigenvalue weighted by Gasteiger charge is -2.41. The molecule has 2 fully saturated rings. The lowest BCUT2D eigenvalue weighted by molar-refractivity contribution is -0.0878. The first kappa shape index (κ1) is 16.7. The summed E-state index contributed by atoms with van der Waals surface area (Å²) in [6.07, 6.45) is 3.81.